The topological polar surface area (TPSA) is 67.2 Å². The number of nitrogens with zero attached hydrogens (tertiary/aromatic N) is 2. The lowest BCUT2D eigenvalue weighted by atomic mass is 10.1. The van der Waals surface area contributed by atoms with Gasteiger partial charge >= 0.3 is 5.97 Å². The van der Waals surface area contributed by atoms with Crippen LogP contribution in [0.4, 0.5) is 0 Å². The van der Waals surface area contributed by atoms with Gasteiger partial charge in [-0.05, 0) is 12.5 Å². The molecule has 2 N–H and O–H groups in total. The molecule has 2 aromatic rings. The van der Waals surface area contributed by atoms with E-state index >= 15 is 0 Å². The van der Waals surface area contributed by atoms with Crippen molar-refractivity contribution in [3.63, 3.8) is 0 Å². The number of carboxylic acid groups (broad SMARTS) is 1. The van der Waals surface area contributed by atoms with Crippen LogP contribution >= 0.6 is 0 Å². The molecule has 100 valence electrons. The second kappa shape index (κ2) is 6.15. The smallest absolute Gasteiger partial charge is 0.325 e. The van der Waals surface area contributed by atoms with Crippen molar-refractivity contribution in [1.82, 2.24) is 15.1 Å². The van der Waals surface area contributed by atoms with E-state index in [1.165, 1.54) is 0 Å². The van der Waals surface area contributed by atoms with E-state index < -0.39 is 12.0 Å². The van der Waals surface area contributed by atoms with Gasteiger partial charge in [-0.15, -0.1) is 0 Å². The normalized spacial score (nSPS) is 12.3. The van der Waals surface area contributed by atoms with Gasteiger partial charge in [0, 0.05) is 24.8 Å². The molecule has 0 radical (unpaired) electrons. The molecule has 1 aromatic carbocycles. The largest absolute Gasteiger partial charge is 0.480 e. The third kappa shape index (κ3) is 3.42. The molecule has 0 saturated carbocycles. The standard InChI is InChI=1S/C14H17N3O2/c1-2-17-10-11(9-16-17)8-15-13(14(18)19)12-6-4-3-5-7-12/h3-7,9-10,13,15H,2,8H2,1H3,(H,18,19)/t13-/m0/s1. The SMILES string of the molecule is CCn1cc(CN[C@H](C(=O)O)c2ccccc2)cn1. The fourth-order valence-electron chi connectivity index (χ4n) is 1.88. The zero-order valence-electron chi connectivity index (χ0n) is 10.8. The van der Waals surface area contributed by atoms with Crippen LogP contribution in [0, 0.1) is 0 Å². The van der Waals surface area contributed by atoms with Gasteiger partial charge in [-0.1, -0.05) is 30.3 Å². The van der Waals surface area contributed by atoms with Crippen molar-refractivity contribution in [3.8, 4) is 0 Å². The molecule has 19 heavy (non-hydrogen) atoms. The molecule has 0 aliphatic heterocycles. The van der Waals surface area contributed by atoms with Crippen molar-refractivity contribution in [2.24, 2.45) is 0 Å². The van der Waals surface area contributed by atoms with Gasteiger partial charge in [-0.3, -0.25) is 14.8 Å². The summed E-state index contributed by atoms with van der Waals surface area (Å²) in [7, 11) is 0. The number of benzene rings is 1. The summed E-state index contributed by atoms with van der Waals surface area (Å²) in [6.07, 6.45) is 3.66. The highest BCUT2D eigenvalue weighted by molar-refractivity contribution is 5.75. The van der Waals surface area contributed by atoms with Crippen molar-refractivity contribution >= 4 is 5.97 Å². The Morgan fingerprint density at radius 1 is 1.42 bits per heavy atom. The van der Waals surface area contributed by atoms with Gasteiger partial charge in [-0.2, -0.15) is 5.10 Å². The Labute approximate surface area is 111 Å². The summed E-state index contributed by atoms with van der Waals surface area (Å²) < 4.78 is 1.81. The van der Waals surface area contributed by atoms with E-state index in [4.69, 9.17) is 0 Å². The van der Waals surface area contributed by atoms with Crippen LogP contribution < -0.4 is 5.32 Å². The Bertz CT molecular complexity index is 537. The molecule has 0 unspecified atom stereocenters. The first-order valence-corrected chi connectivity index (χ1v) is 6.23. The summed E-state index contributed by atoms with van der Waals surface area (Å²) in [6.45, 7) is 3.29. The fraction of sp³-hybridized carbons (Fsp3) is 0.286. The number of carboxylic acids is 1. The quantitative estimate of drug-likeness (QED) is 0.830. The molecule has 0 saturated heterocycles. The maximum atomic E-state index is 11.3. The molecule has 0 spiro atoms. The Hall–Kier alpha value is -2.14. The highest BCUT2D eigenvalue weighted by Crippen LogP contribution is 2.13. The van der Waals surface area contributed by atoms with E-state index in [2.05, 4.69) is 10.4 Å². The summed E-state index contributed by atoms with van der Waals surface area (Å²) in [5.41, 5.74) is 1.72. The van der Waals surface area contributed by atoms with E-state index in [0.29, 0.717) is 6.54 Å². The van der Waals surface area contributed by atoms with Crippen LogP contribution in [0.1, 0.15) is 24.1 Å². The summed E-state index contributed by atoms with van der Waals surface area (Å²) in [6, 6.07) is 8.45. The number of aromatic nitrogens is 2. The Kier molecular flexibility index (Phi) is 4.30. The van der Waals surface area contributed by atoms with Crippen LogP contribution in [0.3, 0.4) is 0 Å². The van der Waals surface area contributed by atoms with Crippen LogP contribution in [-0.2, 0) is 17.9 Å². The van der Waals surface area contributed by atoms with Crippen molar-refractivity contribution in [2.45, 2.75) is 26.1 Å². The van der Waals surface area contributed by atoms with Crippen molar-refractivity contribution < 1.29 is 9.90 Å². The Morgan fingerprint density at radius 2 is 2.16 bits per heavy atom. The molecule has 0 fully saturated rings. The summed E-state index contributed by atoms with van der Waals surface area (Å²) in [4.78, 5) is 11.3. The summed E-state index contributed by atoms with van der Waals surface area (Å²) >= 11 is 0. The molecule has 1 aromatic heterocycles. The number of aryl methyl sites for hydroxylation is 1. The first-order chi connectivity index (χ1) is 9.20. The molecule has 5 heteroatoms. The third-order valence-electron chi connectivity index (χ3n) is 2.90. The second-order valence-electron chi connectivity index (χ2n) is 4.27. The Balaban J connectivity index is 2.04. The van der Waals surface area contributed by atoms with Gasteiger partial charge in [0.05, 0.1) is 6.20 Å². The summed E-state index contributed by atoms with van der Waals surface area (Å²) in [5, 5.41) is 16.5. The lowest BCUT2D eigenvalue weighted by Crippen LogP contribution is -2.27. The van der Waals surface area contributed by atoms with E-state index in [0.717, 1.165) is 17.7 Å². The molecule has 1 heterocycles. The van der Waals surface area contributed by atoms with Crippen LogP contribution in [0.2, 0.25) is 0 Å². The monoisotopic (exact) mass is 259 g/mol. The van der Waals surface area contributed by atoms with Crippen LogP contribution in [0.5, 0.6) is 0 Å². The molecule has 0 amide bonds. The highest BCUT2D eigenvalue weighted by Gasteiger charge is 2.18. The Morgan fingerprint density at radius 3 is 2.74 bits per heavy atom. The maximum Gasteiger partial charge on any atom is 0.325 e. The number of aliphatic carboxylic acids is 1. The lowest BCUT2D eigenvalue weighted by Gasteiger charge is -2.14. The van der Waals surface area contributed by atoms with Crippen molar-refractivity contribution in [2.75, 3.05) is 0 Å². The molecule has 2 rings (SSSR count). The number of hydrogen-bond acceptors (Lipinski definition) is 3. The predicted molar refractivity (Wildman–Crippen MR) is 71.6 cm³/mol. The van der Waals surface area contributed by atoms with E-state index in [1.807, 2.05) is 36.0 Å². The highest BCUT2D eigenvalue weighted by atomic mass is 16.4. The zero-order chi connectivity index (χ0) is 13.7. The van der Waals surface area contributed by atoms with Gasteiger partial charge in [-0.25, -0.2) is 0 Å². The molecular formula is C14H17N3O2. The van der Waals surface area contributed by atoms with E-state index in [1.54, 1.807) is 18.3 Å². The van der Waals surface area contributed by atoms with Crippen LogP contribution in [0.15, 0.2) is 42.7 Å². The van der Waals surface area contributed by atoms with Crippen LogP contribution in [-0.4, -0.2) is 20.9 Å². The third-order valence-corrected chi connectivity index (χ3v) is 2.90. The minimum atomic E-state index is -0.880. The molecule has 0 aliphatic rings. The predicted octanol–water partition coefficient (Wildman–Crippen LogP) is 1.82. The van der Waals surface area contributed by atoms with Gasteiger partial charge in [0.2, 0.25) is 0 Å². The van der Waals surface area contributed by atoms with Gasteiger partial charge in [0.25, 0.3) is 0 Å². The van der Waals surface area contributed by atoms with Gasteiger partial charge in [0.15, 0.2) is 0 Å². The zero-order valence-corrected chi connectivity index (χ0v) is 10.8. The van der Waals surface area contributed by atoms with Crippen LogP contribution in [0.25, 0.3) is 0 Å². The molecule has 0 aliphatic carbocycles. The molecule has 5 nitrogen and oxygen atoms in total. The van der Waals surface area contributed by atoms with Gasteiger partial charge in [0.1, 0.15) is 6.04 Å². The minimum Gasteiger partial charge on any atom is -0.480 e. The summed E-state index contributed by atoms with van der Waals surface area (Å²) in [5.74, 6) is -0.880. The first kappa shape index (κ1) is 13.3. The van der Waals surface area contributed by atoms with Crippen molar-refractivity contribution in [3.05, 3.63) is 53.9 Å². The second-order valence-corrected chi connectivity index (χ2v) is 4.27. The number of rotatable bonds is 6. The molecular weight excluding hydrogens is 242 g/mol. The first-order valence-electron chi connectivity index (χ1n) is 6.23. The van der Waals surface area contributed by atoms with E-state index in [-0.39, 0.29) is 0 Å². The average molecular weight is 259 g/mol. The van der Waals surface area contributed by atoms with Crippen molar-refractivity contribution in [1.29, 1.82) is 0 Å². The number of carbonyl (C=O) groups is 1. The minimum absolute atomic E-state index is 0.478. The molecule has 0 bridgehead atoms. The lowest BCUT2D eigenvalue weighted by molar-refractivity contribution is -0.139. The average Bonchev–Trinajstić information content (AvgIpc) is 2.88. The van der Waals surface area contributed by atoms with E-state index in [9.17, 15) is 9.90 Å². The fourth-order valence-corrected chi connectivity index (χ4v) is 1.88. The number of hydrogen-bond donors (Lipinski definition) is 2. The molecule has 1 atom stereocenters. The van der Waals surface area contributed by atoms with Gasteiger partial charge < -0.3 is 5.11 Å². The number of nitrogens with one attached hydrogen (secondary N) is 1. The maximum absolute atomic E-state index is 11.3.